The zero-order valence-corrected chi connectivity index (χ0v) is 17.1. The number of thiophene rings is 1. The SMILES string of the molecule is Cc1c(C(=O)CSc2nnc([C@H]3COc4ccccc4O3)o2)sc2ccccc12. The number of thioether (sulfide) groups is 1. The Morgan fingerprint density at radius 1 is 1.14 bits per heavy atom. The smallest absolute Gasteiger partial charge is 0.277 e. The minimum Gasteiger partial charge on any atom is -0.485 e. The fourth-order valence-corrected chi connectivity index (χ4v) is 5.06. The van der Waals surface area contributed by atoms with Crippen LogP contribution in [-0.4, -0.2) is 28.3 Å². The largest absolute Gasteiger partial charge is 0.485 e. The van der Waals surface area contributed by atoms with Crippen LogP contribution in [0.2, 0.25) is 0 Å². The molecule has 1 aliphatic heterocycles. The third-order valence-electron chi connectivity index (χ3n) is 4.63. The highest BCUT2D eigenvalue weighted by Crippen LogP contribution is 2.36. The van der Waals surface area contributed by atoms with Gasteiger partial charge in [0.15, 0.2) is 17.3 Å². The average molecular weight is 425 g/mol. The maximum atomic E-state index is 12.7. The van der Waals surface area contributed by atoms with E-state index in [2.05, 4.69) is 10.2 Å². The molecular formula is C21H16N2O4S2. The van der Waals surface area contributed by atoms with Crippen LogP contribution in [0, 0.1) is 6.92 Å². The number of para-hydroxylation sites is 2. The molecule has 3 heterocycles. The fourth-order valence-electron chi connectivity index (χ4n) is 3.18. The number of benzene rings is 2. The number of hydrogen-bond acceptors (Lipinski definition) is 8. The number of ketones is 1. The highest BCUT2D eigenvalue weighted by atomic mass is 32.2. The van der Waals surface area contributed by atoms with Crippen molar-refractivity contribution in [3.63, 3.8) is 0 Å². The lowest BCUT2D eigenvalue weighted by Gasteiger charge is -2.23. The van der Waals surface area contributed by atoms with E-state index in [9.17, 15) is 4.79 Å². The van der Waals surface area contributed by atoms with Crippen LogP contribution in [0.25, 0.3) is 10.1 Å². The van der Waals surface area contributed by atoms with Gasteiger partial charge in [0.25, 0.3) is 11.1 Å². The quantitative estimate of drug-likeness (QED) is 0.327. The summed E-state index contributed by atoms with van der Waals surface area (Å²) < 4.78 is 18.4. The molecule has 0 bridgehead atoms. The van der Waals surface area contributed by atoms with Crippen molar-refractivity contribution in [2.75, 3.05) is 12.4 Å². The number of aryl methyl sites for hydroxylation is 1. The minimum absolute atomic E-state index is 0.0552. The van der Waals surface area contributed by atoms with Crippen molar-refractivity contribution in [2.45, 2.75) is 18.3 Å². The van der Waals surface area contributed by atoms with Gasteiger partial charge in [0.05, 0.1) is 10.6 Å². The van der Waals surface area contributed by atoms with Crippen molar-refractivity contribution in [1.82, 2.24) is 10.2 Å². The van der Waals surface area contributed by atoms with Gasteiger partial charge in [-0.25, -0.2) is 0 Å². The Bertz CT molecular complexity index is 1200. The third-order valence-corrected chi connectivity index (χ3v) is 6.76. The van der Waals surface area contributed by atoms with E-state index in [0.717, 1.165) is 20.5 Å². The lowest BCUT2D eigenvalue weighted by molar-refractivity contribution is 0.0686. The number of carbonyl (C=O) groups is 1. The molecule has 1 atom stereocenters. The molecule has 8 heteroatoms. The van der Waals surface area contributed by atoms with Crippen molar-refractivity contribution in [1.29, 1.82) is 0 Å². The van der Waals surface area contributed by atoms with Crippen molar-refractivity contribution < 1.29 is 18.7 Å². The molecule has 6 nitrogen and oxygen atoms in total. The number of aromatic nitrogens is 2. The lowest BCUT2D eigenvalue weighted by Crippen LogP contribution is -2.21. The Morgan fingerprint density at radius 2 is 1.93 bits per heavy atom. The summed E-state index contributed by atoms with van der Waals surface area (Å²) in [6.45, 7) is 2.28. The molecule has 4 aromatic rings. The fraction of sp³-hybridized carbons (Fsp3) is 0.190. The number of hydrogen-bond donors (Lipinski definition) is 0. The molecular weight excluding hydrogens is 408 g/mol. The Kier molecular flexibility index (Phi) is 4.73. The van der Waals surface area contributed by atoms with Gasteiger partial charge in [-0.2, -0.15) is 0 Å². The molecule has 146 valence electrons. The first-order valence-electron chi connectivity index (χ1n) is 9.05. The molecule has 29 heavy (non-hydrogen) atoms. The van der Waals surface area contributed by atoms with Gasteiger partial charge in [-0.1, -0.05) is 42.1 Å². The molecule has 0 fully saturated rings. The topological polar surface area (TPSA) is 74.5 Å². The first-order valence-corrected chi connectivity index (χ1v) is 10.9. The second kappa shape index (κ2) is 7.53. The number of ether oxygens (including phenoxy) is 2. The van der Waals surface area contributed by atoms with Gasteiger partial charge < -0.3 is 13.9 Å². The first kappa shape index (κ1) is 18.2. The van der Waals surface area contributed by atoms with Crippen molar-refractivity contribution in [3.05, 3.63) is 64.9 Å². The van der Waals surface area contributed by atoms with E-state index in [1.165, 1.54) is 23.1 Å². The molecule has 5 rings (SSSR count). The molecule has 2 aromatic heterocycles. The van der Waals surface area contributed by atoms with Gasteiger partial charge in [-0.15, -0.1) is 21.5 Å². The molecule has 1 aliphatic rings. The minimum atomic E-state index is -0.465. The summed E-state index contributed by atoms with van der Waals surface area (Å²) in [6, 6.07) is 15.5. The Hall–Kier alpha value is -2.84. The van der Waals surface area contributed by atoms with Gasteiger partial charge in [-0.05, 0) is 36.1 Å². The Labute approximate surface area is 174 Å². The van der Waals surface area contributed by atoms with Gasteiger partial charge in [0.1, 0.15) is 6.61 Å². The van der Waals surface area contributed by atoms with Crippen LogP contribution < -0.4 is 9.47 Å². The molecule has 0 saturated carbocycles. The standard InChI is InChI=1S/C21H16N2O4S2/c1-12-13-6-2-5-9-18(13)29-19(12)14(24)11-28-21-23-22-20(27-21)17-10-25-15-7-3-4-8-16(15)26-17/h2-9,17H,10-11H2,1H3/t17-/m1/s1. The molecule has 0 unspecified atom stereocenters. The number of nitrogens with zero attached hydrogens (tertiary/aromatic N) is 2. The van der Waals surface area contributed by atoms with E-state index in [4.69, 9.17) is 13.9 Å². The predicted octanol–water partition coefficient (Wildman–Crippen LogP) is 5.08. The number of fused-ring (bicyclic) bond motifs is 2. The summed E-state index contributed by atoms with van der Waals surface area (Å²) in [7, 11) is 0. The van der Waals surface area contributed by atoms with Crippen LogP contribution >= 0.6 is 23.1 Å². The predicted molar refractivity (Wildman–Crippen MR) is 111 cm³/mol. The zero-order valence-electron chi connectivity index (χ0n) is 15.5. The molecule has 2 aromatic carbocycles. The average Bonchev–Trinajstić information content (AvgIpc) is 3.37. The normalized spacial score (nSPS) is 15.6. The van der Waals surface area contributed by atoms with Crippen LogP contribution in [0.5, 0.6) is 11.5 Å². The first-order chi connectivity index (χ1) is 14.2. The molecule has 0 radical (unpaired) electrons. The lowest BCUT2D eigenvalue weighted by atomic mass is 10.1. The second-order valence-corrected chi connectivity index (χ2v) is 8.51. The van der Waals surface area contributed by atoms with Crippen molar-refractivity contribution in [2.24, 2.45) is 0 Å². The number of carbonyl (C=O) groups excluding carboxylic acids is 1. The van der Waals surface area contributed by atoms with E-state index in [-0.39, 0.29) is 11.5 Å². The summed E-state index contributed by atoms with van der Waals surface area (Å²) in [5.74, 6) is 1.97. The second-order valence-electron chi connectivity index (χ2n) is 6.53. The van der Waals surface area contributed by atoms with Crippen molar-refractivity contribution >= 4 is 39.0 Å². The van der Waals surface area contributed by atoms with Gasteiger partial charge in [-0.3, -0.25) is 4.79 Å². The van der Waals surface area contributed by atoms with Crippen LogP contribution in [0.3, 0.4) is 0 Å². The summed E-state index contributed by atoms with van der Waals surface area (Å²) >= 11 is 2.76. The summed E-state index contributed by atoms with van der Waals surface area (Å²) in [5.41, 5.74) is 1.02. The molecule has 0 aliphatic carbocycles. The van der Waals surface area contributed by atoms with Crippen LogP contribution in [0.4, 0.5) is 0 Å². The molecule has 0 saturated heterocycles. The summed E-state index contributed by atoms with van der Waals surface area (Å²) in [4.78, 5) is 13.5. The van der Waals surface area contributed by atoms with E-state index in [1.54, 1.807) is 0 Å². The van der Waals surface area contributed by atoms with Crippen LogP contribution in [0.15, 0.2) is 58.2 Å². The molecule has 0 N–H and O–H groups in total. The zero-order chi connectivity index (χ0) is 19.8. The van der Waals surface area contributed by atoms with Crippen molar-refractivity contribution in [3.8, 4) is 11.5 Å². The maximum Gasteiger partial charge on any atom is 0.277 e. The van der Waals surface area contributed by atoms with Gasteiger partial charge in [0, 0.05) is 4.70 Å². The number of rotatable bonds is 5. The number of Topliss-reactive ketones (excluding diaryl/α,β-unsaturated/α-hetero) is 1. The van der Waals surface area contributed by atoms with Gasteiger partial charge >= 0.3 is 0 Å². The highest BCUT2D eigenvalue weighted by Gasteiger charge is 2.27. The monoisotopic (exact) mass is 424 g/mol. The van der Waals surface area contributed by atoms with E-state index >= 15 is 0 Å². The molecule has 0 amide bonds. The Balaban J connectivity index is 1.26. The van der Waals surface area contributed by atoms with E-state index in [0.29, 0.717) is 29.2 Å². The summed E-state index contributed by atoms with van der Waals surface area (Å²) in [6.07, 6.45) is -0.465. The van der Waals surface area contributed by atoms with Crippen LogP contribution in [0.1, 0.15) is 27.2 Å². The van der Waals surface area contributed by atoms with E-state index < -0.39 is 6.10 Å². The van der Waals surface area contributed by atoms with Crippen LogP contribution in [-0.2, 0) is 0 Å². The summed E-state index contributed by atoms with van der Waals surface area (Å²) in [5, 5.41) is 9.57. The Morgan fingerprint density at radius 3 is 2.79 bits per heavy atom. The van der Waals surface area contributed by atoms with Gasteiger partial charge in [0.2, 0.25) is 6.10 Å². The maximum absolute atomic E-state index is 12.7. The highest BCUT2D eigenvalue weighted by molar-refractivity contribution is 7.99. The molecule has 0 spiro atoms. The third kappa shape index (κ3) is 3.49. The van der Waals surface area contributed by atoms with E-state index in [1.807, 2.05) is 55.5 Å².